The van der Waals surface area contributed by atoms with E-state index in [1.54, 1.807) is 0 Å². The molecule has 90 heavy (non-hydrogen) atoms. The number of aliphatic hydroxyl groups is 1. The lowest BCUT2D eigenvalue weighted by atomic mass is 10.0. The number of esters is 4. The Bertz CT molecular complexity index is 1740. The van der Waals surface area contributed by atoms with Crippen molar-refractivity contribution >= 4 is 39.5 Å². The van der Waals surface area contributed by atoms with Gasteiger partial charge in [-0.25, -0.2) is 9.13 Å². The number of rotatable bonds is 71. The molecule has 0 aromatic rings. The van der Waals surface area contributed by atoms with Crippen LogP contribution in [0.2, 0.25) is 0 Å². The Morgan fingerprint density at radius 1 is 0.300 bits per heavy atom. The summed E-state index contributed by atoms with van der Waals surface area (Å²) in [5.41, 5.74) is 0. The van der Waals surface area contributed by atoms with Gasteiger partial charge >= 0.3 is 39.5 Å². The van der Waals surface area contributed by atoms with Crippen molar-refractivity contribution in [2.24, 2.45) is 5.92 Å². The molecular formula is C71H138O17P2. The van der Waals surface area contributed by atoms with Gasteiger partial charge in [0.1, 0.15) is 19.3 Å². The number of carbonyl (C=O) groups is 4. The van der Waals surface area contributed by atoms with Crippen LogP contribution in [-0.2, 0) is 65.4 Å². The Balaban J connectivity index is 5.23. The first-order valence-electron chi connectivity index (χ1n) is 37.1. The molecule has 0 saturated carbocycles. The van der Waals surface area contributed by atoms with E-state index in [1.165, 1.54) is 193 Å². The van der Waals surface area contributed by atoms with Crippen molar-refractivity contribution in [1.82, 2.24) is 0 Å². The molecule has 0 radical (unpaired) electrons. The fraction of sp³-hybridized carbons (Fsp3) is 0.944. The standard InChI is InChI=1S/C71H138O17P2/c1-6-9-12-15-18-21-24-25-28-31-36-40-45-50-55-69(74)82-61-67(88-71(76)57-52-47-42-37-32-29-26-27-30-33-38-43-48-53-64(4)5)63-86-90(79,80)84-59-65(72)58-83-89(77,78)85-62-66(87-70(75)56-51-46-41-35-23-20-17-14-11-8-3)60-81-68(73)54-49-44-39-34-22-19-16-13-10-7-2/h64-67,72H,6-63H2,1-5H3,(H,77,78)(H,79,80)/t65-,66+,67+/m0/s1. The van der Waals surface area contributed by atoms with Gasteiger partial charge in [0.2, 0.25) is 0 Å². The quantitative estimate of drug-likeness (QED) is 0.0222. The van der Waals surface area contributed by atoms with Crippen molar-refractivity contribution in [2.45, 2.75) is 387 Å². The summed E-state index contributed by atoms with van der Waals surface area (Å²) in [5.74, 6) is -1.33. The molecule has 0 aliphatic rings. The Hall–Kier alpha value is -1.94. The van der Waals surface area contributed by atoms with Crippen LogP contribution < -0.4 is 0 Å². The Kier molecular flexibility index (Phi) is 63.0. The summed E-state index contributed by atoms with van der Waals surface area (Å²) in [6.07, 6.45) is 51.2. The van der Waals surface area contributed by atoms with Crippen LogP contribution in [0.15, 0.2) is 0 Å². The number of hydrogen-bond donors (Lipinski definition) is 3. The van der Waals surface area contributed by atoms with Crippen molar-refractivity contribution in [2.75, 3.05) is 39.6 Å². The molecule has 0 aliphatic carbocycles. The fourth-order valence-electron chi connectivity index (χ4n) is 10.8. The van der Waals surface area contributed by atoms with Crippen molar-refractivity contribution in [3.05, 3.63) is 0 Å². The van der Waals surface area contributed by atoms with Gasteiger partial charge in [-0.05, 0) is 31.6 Å². The molecule has 3 N–H and O–H groups in total. The summed E-state index contributed by atoms with van der Waals surface area (Å²) in [7, 11) is -9.90. The molecule has 0 bridgehead atoms. The van der Waals surface area contributed by atoms with Gasteiger partial charge in [-0.15, -0.1) is 0 Å². The monoisotopic (exact) mass is 1320 g/mol. The van der Waals surface area contributed by atoms with E-state index in [2.05, 4.69) is 34.6 Å². The zero-order chi connectivity index (χ0) is 66.3. The Labute approximate surface area is 549 Å². The lowest BCUT2D eigenvalue weighted by molar-refractivity contribution is -0.161. The molecule has 0 amide bonds. The second kappa shape index (κ2) is 64.4. The van der Waals surface area contributed by atoms with Crippen molar-refractivity contribution < 1.29 is 80.2 Å². The van der Waals surface area contributed by atoms with Crippen LogP contribution in [0.4, 0.5) is 0 Å². The fourth-order valence-corrected chi connectivity index (χ4v) is 12.4. The minimum Gasteiger partial charge on any atom is -0.462 e. The minimum absolute atomic E-state index is 0.107. The first-order chi connectivity index (χ1) is 43.5. The van der Waals surface area contributed by atoms with Crippen LogP contribution in [0, 0.1) is 5.92 Å². The first-order valence-corrected chi connectivity index (χ1v) is 40.1. The maximum Gasteiger partial charge on any atom is 0.472 e. The number of aliphatic hydroxyl groups excluding tert-OH is 1. The highest BCUT2D eigenvalue weighted by Crippen LogP contribution is 2.45. The summed E-state index contributed by atoms with van der Waals surface area (Å²) in [4.78, 5) is 72.5. The molecule has 0 aliphatic heterocycles. The predicted octanol–water partition coefficient (Wildman–Crippen LogP) is 20.5. The minimum atomic E-state index is -4.95. The molecule has 17 nitrogen and oxygen atoms in total. The molecule has 0 aromatic carbocycles. The van der Waals surface area contributed by atoms with Crippen LogP contribution in [0.5, 0.6) is 0 Å². The summed E-state index contributed by atoms with van der Waals surface area (Å²) in [5, 5.41) is 10.6. The number of hydrogen-bond acceptors (Lipinski definition) is 15. The molecule has 19 heteroatoms. The van der Waals surface area contributed by atoms with Crippen LogP contribution in [-0.4, -0.2) is 96.7 Å². The van der Waals surface area contributed by atoms with Gasteiger partial charge in [-0.2, -0.15) is 0 Å². The lowest BCUT2D eigenvalue weighted by Crippen LogP contribution is -2.30. The van der Waals surface area contributed by atoms with Crippen LogP contribution in [0.25, 0.3) is 0 Å². The van der Waals surface area contributed by atoms with Crippen LogP contribution in [0.1, 0.15) is 369 Å². The summed E-state index contributed by atoms with van der Waals surface area (Å²) >= 11 is 0. The van der Waals surface area contributed by atoms with Crippen molar-refractivity contribution in [3.8, 4) is 0 Å². The Morgan fingerprint density at radius 2 is 0.511 bits per heavy atom. The second-order valence-corrected chi connectivity index (χ2v) is 29.0. The summed E-state index contributed by atoms with van der Waals surface area (Å²) < 4.78 is 68.3. The molecule has 0 aromatic heterocycles. The van der Waals surface area contributed by atoms with E-state index in [1.807, 2.05) is 0 Å². The van der Waals surface area contributed by atoms with Gasteiger partial charge in [0.25, 0.3) is 0 Å². The van der Waals surface area contributed by atoms with E-state index in [4.69, 9.17) is 37.0 Å². The first kappa shape index (κ1) is 88.1. The van der Waals surface area contributed by atoms with Crippen molar-refractivity contribution in [1.29, 1.82) is 0 Å². The number of carbonyl (C=O) groups excluding carboxylic acids is 4. The van der Waals surface area contributed by atoms with Crippen LogP contribution in [0.3, 0.4) is 0 Å². The predicted molar refractivity (Wildman–Crippen MR) is 363 cm³/mol. The van der Waals surface area contributed by atoms with E-state index in [-0.39, 0.29) is 25.7 Å². The highest BCUT2D eigenvalue weighted by molar-refractivity contribution is 7.47. The molecule has 534 valence electrons. The number of phosphoric acid groups is 2. The molecule has 2 unspecified atom stereocenters. The van der Waals surface area contributed by atoms with E-state index < -0.39 is 97.5 Å². The largest absolute Gasteiger partial charge is 0.472 e. The van der Waals surface area contributed by atoms with Gasteiger partial charge in [0.05, 0.1) is 26.4 Å². The maximum absolute atomic E-state index is 13.0. The van der Waals surface area contributed by atoms with E-state index in [0.29, 0.717) is 25.7 Å². The summed E-state index contributed by atoms with van der Waals surface area (Å²) in [6.45, 7) is 7.26. The van der Waals surface area contributed by atoms with Gasteiger partial charge in [0, 0.05) is 25.7 Å². The van der Waals surface area contributed by atoms with Gasteiger partial charge in [-0.1, -0.05) is 317 Å². The highest BCUT2D eigenvalue weighted by Gasteiger charge is 2.30. The number of ether oxygens (including phenoxy) is 4. The van der Waals surface area contributed by atoms with Gasteiger partial charge in [-0.3, -0.25) is 37.3 Å². The third kappa shape index (κ3) is 64.8. The molecular weight excluding hydrogens is 1190 g/mol. The van der Waals surface area contributed by atoms with E-state index in [0.717, 1.165) is 95.8 Å². The van der Waals surface area contributed by atoms with E-state index >= 15 is 0 Å². The zero-order valence-corrected chi connectivity index (χ0v) is 60.1. The number of unbranched alkanes of at least 4 members (excludes halogenated alkanes) is 43. The normalized spacial score (nSPS) is 14.1. The van der Waals surface area contributed by atoms with E-state index in [9.17, 15) is 43.2 Å². The molecule has 0 saturated heterocycles. The number of phosphoric ester groups is 2. The maximum atomic E-state index is 13.0. The molecule has 0 rings (SSSR count). The average molecular weight is 1330 g/mol. The van der Waals surface area contributed by atoms with Gasteiger partial charge < -0.3 is 33.8 Å². The molecule has 5 atom stereocenters. The zero-order valence-electron chi connectivity index (χ0n) is 58.3. The average Bonchev–Trinajstić information content (AvgIpc) is 3.56. The molecule has 0 heterocycles. The molecule has 0 fully saturated rings. The van der Waals surface area contributed by atoms with Crippen molar-refractivity contribution in [3.63, 3.8) is 0 Å². The Morgan fingerprint density at radius 3 is 0.756 bits per heavy atom. The molecule has 0 spiro atoms. The highest BCUT2D eigenvalue weighted by atomic mass is 31.2. The smallest absolute Gasteiger partial charge is 0.462 e. The van der Waals surface area contributed by atoms with Crippen LogP contribution >= 0.6 is 15.6 Å². The van der Waals surface area contributed by atoms with Gasteiger partial charge in [0.15, 0.2) is 12.2 Å². The summed E-state index contributed by atoms with van der Waals surface area (Å²) in [6, 6.07) is 0. The SMILES string of the molecule is CCCCCCCCCCCCCCCCC(=O)OC[C@H](COP(=O)(O)OC[C@@H](O)COP(=O)(O)OC[C@@H](COC(=O)CCCCCCCCCCCC)OC(=O)CCCCCCCCCCCC)OC(=O)CCCCCCCCCCCCCCCC(C)C. The topological polar surface area (TPSA) is 237 Å². The lowest BCUT2D eigenvalue weighted by Gasteiger charge is -2.21. The third-order valence-electron chi connectivity index (χ3n) is 16.5. The second-order valence-electron chi connectivity index (χ2n) is 26.1. The third-order valence-corrected chi connectivity index (χ3v) is 18.4.